The van der Waals surface area contributed by atoms with Crippen LogP contribution in [-0.4, -0.2) is 12.1 Å². The molecule has 0 radical (unpaired) electrons. The standard InChI is InChI=1S/C14H12Cl2S/c1-17(2)12-6-3-10(4-7-12)11-5-8-13(15)14(16)9-11/h3-9H,1H2,2H3. The van der Waals surface area contributed by atoms with E-state index in [0.717, 1.165) is 11.1 Å². The molecule has 2 aromatic rings. The van der Waals surface area contributed by atoms with Gasteiger partial charge < -0.3 is 0 Å². The molecule has 0 aromatic heterocycles. The highest BCUT2D eigenvalue weighted by Gasteiger charge is 2.02. The van der Waals surface area contributed by atoms with Gasteiger partial charge in [0.25, 0.3) is 0 Å². The van der Waals surface area contributed by atoms with E-state index < -0.39 is 0 Å². The van der Waals surface area contributed by atoms with E-state index in [0.29, 0.717) is 10.0 Å². The Balaban J connectivity index is 2.39. The number of hydrogen-bond acceptors (Lipinski definition) is 0. The summed E-state index contributed by atoms with van der Waals surface area (Å²) in [6, 6.07) is 14.1. The summed E-state index contributed by atoms with van der Waals surface area (Å²) in [5.74, 6) is 4.03. The fourth-order valence-electron chi connectivity index (χ4n) is 1.56. The molecule has 1 atom stereocenters. The second kappa shape index (κ2) is 5.26. The van der Waals surface area contributed by atoms with Crippen molar-refractivity contribution < 1.29 is 0 Å². The molecular formula is C14H12Cl2S. The van der Waals surface area contributed by atoms with Crippen molar-refractivity contribution in [2.24, 2.45) is 0 Å². The minimum absolute atomic E-state index is 0.0512. The lowest BCUT2D eigenvalue weighted by Crippen LogP contribution is -1.79. The van der Waals surface area contributed by atoms with Gasteiger partial charge in [0.15, 0.2) is 0 Å². The number of hydrogen-bond donors (Lipinski definition) is 0. The average molecular weight is 283 g/mol. The molecule has 0 amide bonds. The van der Waals surface area contributed by atoms with E-state index in [1.54, 1.807) is 0 Å². The molecule has 0 spiro atoms. The summed E-state index contributed by atoms with van der Waals surface area (Å²) in [5, 5.41) is 1.17. The summed E-state index contributed by atoms with van der Waals surface area (Å²) >= 11 is 11.9. The van der Waals surface area contributed by atoms with Crippen LogP contribution < -0.4 is 0 Å². The molecule has 0 aliphatic carbocycles. The van der Waals surface area contributed by atoms with Crippen LogP contribution in [0.1, 0.15) is 0 Å². The second-order valence-electron chi connectivity index (χ2n) is 3.79. The SMILES string of the molecule is C=S(C)c1ccc(-c2ccc(Cl)c(Cl)c2)cc1. The third kappa shape index (κ3) is 2.92. The Kier molecular flexibility index (Phi) is 3.93. The van der Waals surface area contributed by atoms with Crippen molar-refractivity contribution in [2.75, 3.05) is 6.26 Å². The number of benzene rings is 2. The van der Waals surface area contributed by atoms with Gasteiger partial charge in [-0.15, -0.1) is 0 Å². The molecule has 0 fully saturated rings. The van der Waals surface area contributed by atoms with Gasteiger partial charge in [-0.05, 0) is 41.6 Å². The van der Waals surface area contributed by atoms with Crippen LogP contribution in [0.5, 0.6) is 0 Å². The van der Waals surface area contributed by atoms with Crippen LogP contribution in [0.25, 0.3) is 11.1 Å². The third-order valence-electron chi connectivity index (χ3n) is 2.51. The lowest BCUT2D eigenvalue weighted by molar-refractivity contribution is 1.46. The Bertz CT molecular complexity index is 559. The molecule has 0 saturated heterocycles. The fraction of sp³-hybridized carbons (Fsp3) is 0.0714. The minimum Gasteiger partial charge on any atom is -0.165 e. The first-order chi connectivity index (χ1) is 8.08. The van der Waals surface area contributed by atoms with Crippen molar-refractivity contribution in [3.63, 3.8) is 0 Å². The first-order valence-corrected chi connectivity index (χ1v) is 7.65. The maximum Gasteiger partial charge on any atom is 0.0598 e. The lowest BCUT2D eigenvalue weighted by Gasteiger charge is -2.06. The average Bonchev–Trinajstić information content (AvgIpc) is 2.33. The van der Waals surface area contributed by atoms with Crippen LogP contribution in [0.3, 0.4) is 0 Å². The van der Waals surface area contributed by atoms with Crippen molar-refractivity contribution in [1.29, 1.82) is 0 Å². The zero-order valence-corrected chi connectivity index (χ0v) is 11.7. The maximum absolute atomic E-state index is 6.00. The van der Waals surface area contributed by atoms with Crippen molar-refractivity contribution in [3.8, 4) is 11.1 Å². The minimum atomic E-state index is 0.0512. The van der Waals surface area contributed by atoms with Gasteiger partial charge in [-0.3, -0.25) is 0 Å². The molecule has 88 valence electrons. The quantitative estimate of drug-likeness (QED) is 0.652. The van der Waals surface area contributed by atoms with E-state index in [9.17, 15) is 0 Å². The zero-order valence-electron chi connectivity index (χ0n) is 9.41. The molecule has 0 nitrogen and oxygen atoms in total. The summed E-state index contributed by atoms with van der Waals surface area (Å²) in [6.07, 6.45) is 2.11. The van der Waals surface area contributed by atoms with Gasteiger partial charge in [0.1, 0.15) is 0 Å². The third-order valence-corrected chi connectivity index (χ3v) is 4.33. The number of rotatable bonds is 2. The van der Waals surface area contributed by atoms with E-state index in [4.69, 9.17) is 23.2 Å². The molecule has 0 saturated carbocycles. The van der Waals surface area contributed by atoms with Gasteiger partial charge in [0.2, 0.25) is 0 Å². The highest BCUT2D eigenvalue weighted by molar-refractivity contribution is 8.13. The Morgan fingerprint density at radius 3 is 2.00 bits per heavy atom. The predicted octanol–water partition coefficient (Wildman–Crippen LogP) is 5.35. The molecule has 17 heavy (non-hydrogen) atoms. The molecule has 0 aliphatic rings. The lowest BCUT2D eigenvalue weighted by atomic mass is 10.1. The zero-order chi connectivity index (χ0) is 12.4. The Labute approximate surface area is 114 Å². The molecule has 0 aliphatic heterocycles. The van der Waals surface area contributed by atoms with Gasteiger partial charge in [-0.25, -0.2) is 0 Å². The second-order valence-corrected chi connectivity index (χ2v) is 6.35. The first kappa shape index (κ1) is 12.7. The van der Waals surface area contributed by atoms with Crippen LogP contribution >= 0.6 is 33.7 Å². The summed E-state index contributed by atoms with van der Waals surface area (Å²) in [7, 11) is 0.0512. The van der Waals surface area contributed by atoms with Gasteiger partial charge in [-0.1, -0.05) is 47.3 Å². The van der Waals surface area contributed by atoms with E-state index >= 15 is 0 Å². The van der Waals surface area contributed by atoms with Crippen molar-refractivity contribution >= 4 is 39.6 Å². The van der Waals surface area contributed by atoms with Gasteiger partial charge in [0.05, 0.1) is 10.0 Å². The maximum atomic E-state index is 6.00. The molecule has 0 N–H and O–H groups in total. The molecule has 2 aromatic carbocycles. The summed E-state index contributed by atoms with van der Waals surface area (Å²) in [4.78, 5) is 1.26. The Morgan fingerprint density at radius 2 is 1.47 bits per heavy atom. The van der Waals surface area contributed by atoms with Crippen LogP contribution in [0.2, 0.25) is 10.0 Å². The van der Waals surface area contributed by atoms with E-state index in [2.05, 4.69) is 36.4 Å². The predicted molar refractivity (Wildman–Crippen MR) is 80.8 cm³/mol. The van der Waals surface area contributed by atoms with E-state index in [1.165, 1.54) is 4.90 Å². The van der Waals surface area contributed by atoms with Crippen molar-refractivity contribution in [1.82, 2.24) is 0 Å². The first-order valence-electron chi connectivity index (χ1n) is 5.09. The normalized spacial score (nSPS) is 12.4. The van der Waals surface area contributed by atoms with E-state index in [-0.39, 0.29) is 10.5 Å². The van der Waals surface area contributed by atoms with Gasteiger partial charge >= 0.3 is 0 Å². The summed E-state index contributed by atoms with van der Waals surface area (Å²) in [6.45, 7) is 0. The van der Waals surface area contributed by atoms with Gasteiger partial charge in [-0.2, -0.15) is 10.5 Å². The van der Waals surface area contributed by atoms with Crippen LogP contribution in [0.4, 0.5) is 0 Å². The van der Waals surface area contributed by atoms with Crippen LogP contribution in [0, 0.1) is 0 Å². The molecule has 0 heterocycles. The molecule has 0 bridgehead atoms. The highest BCUT2D eigenvalue weighted by Crippen LogP contribution is 2.30. The highest BCUT2D eigenvalue weighted by atomic mass is 35.5. The topological polar surface area (TPSA) is 0 Å². The molecular weight excluding hydrogens is 271 g/mol. The molecule has 3 heteroatoms. The van der Waals surface area contributed by atoms with E-state index in [1.807, 2.05) is 18.2 Å². The largest absolute Gasteiger partial charge is 0.165 e. The Hall–Kier alpha value is -0.760. The van der Waals surface area contributed by atoms with Crippen LogP contribution in [0.15, 0.2) is 47.4 Å². The Morgan fingerprint density at radius 1 is 0.882 bits per heavy atom. The van der Waals surface area contributed by atoms with Crippen molar-refractivity contribution in [2.45, 2.75) is 4.90 Å². The fourth-order valence-corrected chi connectivity index (χ4v) is 2.45. The summed E-state index contributed by atoms with van der Waals surface area (Å²) in [5.41, 5.74) is 2.21. The molecule has 2 rings (SSSR count). The molecule has 1 unspecified atom stereocenters. The smallest absolute Gasteiger partial charge is 0.0598 e. The summed E-state index contributed by atoms with van der Waals surface area (Å²) < 4.78 is 0. The van der Waals surface area contributed by atoms with Gasteiger partial charge in [0, 0.05) is 4.90 Å². The number of halogens is 2. The van der Waals surface area contributed by atoms with Crippen molar-refractivity contribution in [3.05, 3.63) is 52.5 Å². The monoisotopic (exact) mass is 282 g/mol. The van der Waals surface area contributed by atoms with Crippen LogP contribution in [-0.2, 0) is 0 Å².